The minimum atomic E-state index is 0.175. The van der Waals surface area contributed by atoms with Crippen molar-refractivity contribution in [3.63, 3.8) is 0 Å². The van der Waals surface area contributed by atoms with Crippen molar-refractivity contribution in [1.82, 2.24) is 4.90 Å². The highest BCUT2D eigenvalue weighted by Crippen LogP contribution is 2.20. The van der Waals surface area contributed by atoms with Crippen molar-refractivity contribution in [3.05, 3.63) is 28.8 Å². The fourth-order valence-corrected chi connectivity index (χ4v) is 2.38. The first-order valence-corrected chi connectivity index (χ1v) is 6.82. The fraction of sp³-hybridized carbons (Fsp3) is 0.500. The van der Waals surface area contributed by atoms with Gasteiger partial charge in [-0.2, -0.15) is 0 Å². The van der Waals surface area contributed by atoms with Gasteiger partial charge in [0.15, 0.2) is 0 Å². The Labute approximate surface area is 113 Å². The van der Waals surface area contributed by atoms with Gasteiger partial charge >= 0.3 is 0 Å². The molecular formula is C14H19ClN2O. The normalized spacial score (nSPS) is 15.6. The van der Waals surface area contributed by atoms with Crippen LogP contribution in [0.2, 0.25) is 5.02 Å². The summed E-state index contributed by atoms with van der Waals surface area (Å²) in [5.74, 6) is 0.175. The lowest BCUT2D eigenvalue weighted by Crippen LogP contribution is -2.39. The molecule has 1 saturated heterocycles. The first-order valence-electron chi connectivity index (χ1n) is 6.44. The predicted molar refractivity (Wildman–Crippen MR) is 75.1 cm³/mol. The first kappa shape index (κ1) is 13.2. The number of carbonyl (C=O) groups is 1. The number of nitrogens with one attached hydrogen (secondary N) is 1. The molecule has 0 spiro atoms. The standard InChI is InChI=1S/C14H19ClN2O/c1-11-5-6-12(15)9-13(11)16-10-14(18)17-7-3-2-4-8-17/h5-6,9,16H,2-4,7-8,10H2,1H3. The van der Waals surface area contributed by atoms with Gasteiger partial charge in [0.05, 0.1) is 6.54 Å². The van der Waals surface area contributed by atoms with E-state index in [9.17, 15) is 4.79 Å². The maximum absolute atomic E-state index is 12.0. The van der Waals surface area contributed by atoms with Crippen LogP contribution in [-0.2, 0) is 4.79 Å². The Morgan fingerprint density at radius 1 is 1.33 bits per heavy atom. The lowest BCUT2D eigenvalue weighted by molar-refractivity contribution is -0.130. The molecule has 1 aliphatic heterocycles. The Hall–Kier alpha value is -1.22. The number of rotatable bonds is 3. The molecule has 0 aromatic heterocycles. The van der Waals surface area contributed by atoms with E-state index in [1.54, 1.807) is 0 Å². The number of nitrogens with zero attached hydrogens (tertiary/aromatic N) is 1. The molecule has 2 rings (SSSR count). The van der Waals surface area contributed by atoms with E-state index in [2.05, 4.69) is 5.32 Å². The van der Waals surface area contributed by atoms with Crippen molar-refractivity contribution in [2.75, 3.05) is 25.0 Å². The Bertz CT molecular complexity index is 428. The Morgan fingerprint density at radius 2 is 2.06 bits per heavy atom. The summed E-state index contributed by atoms with van der Waals surface area (Å²) in [6.07, 6.45) is 3.49. The summed E-state index contributed by atoms with van der Waals surface area (Å²) in [6, 6.07) is 5.67. The number of halogens is 1. The number of benzene rings is 1. The van der Waals surface area contributed by atoms with Crippen LogP contribution >= 0.6 is 11.6 Å². The monoisotopic (exact) mass is 266 g/mol. The minimum absolute atomic E-state index is 0.175. The molecule has 1 amide bonds. The average Bonchev–Trinajstić information content (AvgIpc) is 2.40. The van der Waals surface area contributed by atoms with Gasteiger partial charge in [0, 0.05) is 23.8 Å². The predicted octanol–water partition coefficient (Wildman–Crippen LogP) is 3.07. The van der Waals surface area contributed by atoms with Crippen molar-refractivity contribution in [2.24, 2.45) is 0 Å². The van der Waals surface area contributed by atoms with Crippen molar-refractivity contribution in [1.29, 1.82) is 0 Å². The molecule has 0 bridgehead atoms. The summed E-state index contributed by atoms with van der Waals surface area (Å²) >= 11 is 5.95. The molecule has 1 aliphatic rings. The van der Waals surface area contributed by atoms with Gasteiger partial charge in [-0.1, -0.05) is 17.7 Å². The Balaban J connectivity index is 1.90. The summed E-state index contributed by atoms with van der Waals surface area (Å²) in [5.41, 5.74) is 2.04. The number of piperidine rings is 1. The van der Waals surface area contributed by atoms with E-state index >= 15 is 0 Å². The molecule has 0 radical (unpaired) electrons. The van der Waals surface area contributed by atoms with E-state index in [1.807, 2.05) is 30.0 Å². The van der Waals surface area contributed by atoms with Crippen LogP contribution in [0.5, 0.6) is 0 Å². The number of aryl methyl sites for hydroxylation is 1. The van der Waals surface area contributed by atoms with Gasteiger partial charge in [-0.05, 0) is 43.9 Å². The SMILES string of the molecule is Cc1ccc(Cl)cc1NCC(=O)N1CCCCC1. The number of carbonyl (C=O) groups excluding carboxylic acids is 1. The van der Waals surface area contributed by atoms with Crippen LogP contribution in [0.1, 0.15) is 24.8 Å². The minimum Gasteiger partial charge on any atom is -0.376 e. The smallest absolute Gasteiger partial charge is 0.241 e. The molecule has 18 heavy (non-hydrogen) atoms. The van der Waals surface area contributed by atoms with Gasteiger partial charge in [0.25, 0.3) is 0 Å². The maximum atomic E-state index is 12.0. The molecule has 1 aromatic rings. The molecule has 1 aromatic carbocycles. The highest BCUT2D eigenvalue weighted by Gasteiger charge is 2.16. The zero-order chi connectivity index (χ0) is 13.0. The van der Waals surface area contributed by atoms with Crippen molar-refractivity contribution >= 4 is 23.2 Å². The molecule has 4 heteroatoms. The molecule has 1 heterocycles. The lowest BCUT2D eigenvalue weighted by atomic mass is 10.1. The molecular weight excluding hydrogens is 248 g/mol. The molecule has 1 N–H and O–H groups in total. The summed E-state index contributed by atoms with van der Waals surface area (Å²) in [5, 5.41) is 3.86. The number of hydrogen-bond acceptors (Lipinski definition) is 2. The lowest BCUT2D eigenvalue weighted by Gasteiger charge is -2.27. The van der Waals surface area contributed by atoms with E-state index in [0.29, 0.717) is 11.6 Å². The fourth-order valence-electron chi connectivity index (χ4n) is 2.21. The number of likely N-dealkylation sites (tertiary alicyclic amines) is 1. The first-order chi connectivity index (χ1) is 8.66. The summed E-state index contributed by atoms with van der Waals surface area (Å²) in [7, 11) is 0. The van der Waals surface area contributed by atoms with E-state index in [4.69, 9.17) is 11.6 Å². The van der Waals surface area contributed by atoms with Gasteiger partial charge in [-0.3, -0.25) is 4.79 Å². The van der Waals surface area contributed by atoms with Gasteiger partial charge in [-0.25, -0.2) is 0 Å². The van der Waals surface area contributed by atoms with Crippen LogP contribution in [0.4, 0.5) is 5.69 Å². The van der Waals surface area contributed by atoms with Crippen LogP contribution in [0.3, 0.4) is 0 Å². The topological polar surface area (TPSA) is 32.3 Å². The van der Waals surface area contributed by atoms with E-state index in [1.165, 1.54) is 6.42 Å². The van der Waals surface area contributed by atoms with Crippen LogP contribution in [0, 0.1) is 6.92 Å². The van der Waals surface area contributed by atoms with Crippen molar-refractivity contribution in [2.45, 2.75) is 26.2 Å². The number of hydrogen-bond donors (Lipinski definition) is 1. The van der Waals surface area contributed by atoms with Crippen LogP contribution in [0.25, 0.3) is 0 Å². The largest absolute Gasteiger partial charge is 0.376 e. The van der Waals surface area contributed by atoms with Crippen molar-refractivity contribution in [3.8, 4) is 0 Å². The van der Waals surface area contributed by atoms with Gasteiger partial charge in [0.2, 0.25) is 5.91 Å². The maximum Gasteiger partial charge on any atom is 0.241 e. The van der Waals surface area contributed by atoms with Crippen LogP contribution in [0.15, 0.2) is 18.2 Å². The van der Waals surface area contributed by atoms with Gasteiger partial charge in [-0.15, -0.1) is 0 Å². The quantitative estimate of drug-likeness (QED) is 0.912. The van der Waals surface area contributed by atoms with E-state index < -0.39 is 0 Å². The van der Waals surface area contributed by atoms with Crippen LogP contribution < -0.4 is 5.32 Å². The number of anilines is 1. The van der Waals surface area contributed by atoms with E-state index in [0.717, 1.165) is 37.2 Å². The van der Waals surface area contributed by atoms with Gasteiger partial charge < -0.3 is 10.2 Å². The highest BCUT2D eigenvalue weighted by molar-refractivity contribution is 6.30. The average molecular weight is 267 g/mol. The second-order valence-corrected chi connectivity index (χ2v) is 5.19. The molecule has 0 saturated carbocycles. The zero-order valence-corrected chi connectivity index (χ0v) is 11.5. The summed E-state index contributed by atoms with van der Waals surface area (Å²) < 4.78 is 0. The molecule has 0 unspecified atom stereocenters. The molecule has 3 nitrogen and oxygen atoms in total. The van der Waals surface area contributed by atoms with E-state index in [-0.39, 0.29) is 5.91 Å². The second-order valence-electron chi connectivity index (χ2n) is 4.75. The van der Waals surface area contributed by atoms with Crippen LogP contribution in [-0.4, -0.2) is 30.4 Å². The molecule has 98 valence electrons. The number of amides is 1. The summed E-state index contributed by atoms with van der Waals surface area (Å²) in [6.45, 7) is 4.15. The molecule has 0 atom stereocenters. The summed E-state index contributed by atoms with van der Waals surface area (Å²) in [4.78, 5) is 13.9. The Kier molecular flexibility index (Phi) is 4.48. The zero-order valence-electron chi connectivity index (χ0n) is 10.7. The third-order valence-corrected chi connectivity index (χ3v) is 3.57. The van der Waals surface area contributed by atoms with Crippen molar-refractivity contribution < 1.29 is 4.79 Å². The molecule has 0 aliphatic carbocycles. The second kappa shape index (κ2) is 6.10. The highest BCUT2D eigenvalue weighted by atomic mass is 35.5. The molecule has 1 fully saturated rings. The Morgan fingerprint density at radius 3 is 2.78 bits per heavy atom. The van der Waals surface area contributed by atoms with Gasteiger partial charge in [0.1, 0.15) is 0 Å². The third kappa shape index (κ3) is 3.39. The third-order valence-electron chi connectivity index (χ3n) is 3.34.